The Morgan fingerprint density at radius 3 is 2.73 bits per heavy atom. The molecule has 0 aliphatic heterocycles. The van der Waals surface area contributed by atoms with Gasteiger partial charge in [0.05, 0.1) is 6.42 Å². The van der Waals surface area contributed by atoms with Crippen molar-refractivity contribution < 1.29 is 9.32 Å². The molecule has 1 amide bonds. The molecule has 0 saturated heterocycles. The molecule has 2 N–H and O–H groups in total. The van der Waals surface area contributed by atoms with Gasteiger partial charge in [0.15, 0.2) is 5.58 Å². The lowest BCUT2D eigenvalue weighted by molar-refractivity contribution is -0.129. The minimum atomic E-state index is 0. The van der Waals surface area contributed by atoms with Gasteiger partial charge in [-0.2, -0.15) is 0 Å². The highest BCUT2D eigenvalue weighted by Crippen LogP contribution is 2.18. The van der Waals surface area contributed by atoms with Gasteiger partial charge in [-0.3, -0.25) is 4.79 Å². The molecule has 0 radical (unpaired) electrons. The van der Waals surface area contributed by atoms with E-state index in [9.17, 15) is 4.79 Å². The van der Waals surface area contributed by atoms with Gasteiger partial charge in [-0.15, -0.1) is 12.4 Å². The molecule has 1 aromatic carbocycles. The summed E-state index contributed by atoms with van der Waals surface area (Å²) in [6.07, 6.45) is 1.06. The fourth-order valence-corrected chi connectivity index (χ4v) is 2.14. The Morgan fingerprint density at radius 1 is 1.36 bits per heavy atom. The van der Waals surface area contributed by atoms with Crippen LogP contribution in [-0.4, -0.2) is 35.6 Å². The normalized spacial score (nSPS) is 12.2. The quantitative estimate of drug-likeness (QED) is 0.886. The van der Waals surface area contributed by atoms with E-state index in [2.05, 4.69) is 19.0 Å². The second-order valence-corrected chi connectivity index (χ2v) is 5.81. The summed E-state index contributed by atoms with van der Waals surface area (Å²) < 4.78 is 5.22. The van der Waals surface area contributed by atoms with Gasteiger partial charge in [0.1, 0.15) is 5.69 Å². The van der Waals surface area contributed by atoms with Gasteiger partial charge < -0.3 is 15.2 Å². The summed E-state index contributed by atoms with van der Waals surface area (Å²) in [5.41, 5.74) is 7.41. The predicted octanol–water partition coefficient (Wildman–Crippen LogP) is 2.62. The van der Waals surface area contributed by atoms with Gasteiger partial charge in [-0.1, -0.05) is 31.1 Å². The van der Waals surface area contributed by atoms with Crippen molar-refractivity contribution in [2.24, 2.45) is 11.7 Å². The first kappa shape index (κ1) is 18.5. The standard InChI is InChI=1S/C16H23N3O2.ClH/c1-11(2)13(17)8-9-19(3)16(20)10-14-12-6-4-5-7-15(12)21-18-14;/h4-7,11,13H,8-10,17H2,1-3H3;1H. The number of hydrogen-bond donors (Lipinski definition) is 1. The number of benzene rings is 1. The Kier molecular flexibility index (Phi) is 6.84. The SMILES string of the molecule is CC(C)C(N)CCN(C)C(=O)Cc1noc2ccccc12.Cl. The molecular weight excluding hydrogens is 302 g/mol. The molecule has 0 aliphatic rings. The van der Waals surface area contributed by atoms with Gasteiger partial charge in [-0.05, 0) is 24.5 Å². The smallest absolute Gasteiger partial charge is 0.228 e. The molecule has 6 heteroatoms. The van der Waals surface area contributed by atoms with Crippen LogP contribution in [0, 0.1) is 5.92 Å². The predicted molar refractivity (Wildman–Crippen MR) is 90.0 cm³/mol. The Bertz CT molecular complexity index is 612. The highest BCUT2D eigenvalue weighted by molar-refractivity contribution is 5.86. The summed E-state index contributed by atoms with van der Waals surface area (Å²) in [7, 11) is 1.80. The van der Waals surface area contributed by atoms with E-state index >= 15 is 0 Å². The van der Waals surface area contributed by atoms with Crippen molar-refractivity contribution in [3.8, 4) is 0 Å². The second kappa shape index (κ2) is 8.15. The van der Waals surface area contributed by atoms with Gasteiger partial charge in [0.25, 0.3) is 0 Å². The van der Waals surface area contributed by atoms with Crippen molar-refractivity contribution >= 4 is 29.3 Å². The molecule has 22 heavy (non-hydrogen) atoms. The minimum Gasteiger partial charge on any atom is -0.356 e. The van der Waals surface area contributed by atoms with E-state index in [1.807, 2.05) is 24.3 Å². The van der Waals surface area contributed by atoms with Crippen LogP contribution < -0.4 is 5.73 Å². The van der Waals surface area contributed by atoms with E-state index in [1.54, 1.807) is 11.9 Å². The molecule has 1 unspecified atom stereocenters. The van der Waals surface area contributed by atoms with E-state index in [4.69, 9.17) is 10.3 Å². The van der Waals surface area contributed by atoms with Crippen molar-refractivity contribution in [2.75, 3.05) is 13.6 Å². The molecule has 1 atom stereocenters. The molecule has 1 heterocycles. The number of hydrogen-bond acceptors (Lipinski definition) is 4. The van der Waals surface area contributed by atoms with Crippen LogP contribution >= 0.6 is 12.4 Å². The van der Waals surface area contributed by atoms with E-state index in [0.717, 1.165) is 11.8 Å². The maximum absolute atomic E-state index is 12.2. The molecule has 0 fully saturated rings. The van der Waals surface area contributed by atoms with E-state index in [-0.39, 0.29) is 30.8 Å². The van der Waals surface area contributed by atoms with Crippen LogP contribution in [0.3, 0.4) is 0 Å². The number of nitrogens with two attached hydrogens (primary N) is 1. The molecule has 0 saturated carbocycles. The number of likely N-dealkylation sites (N-methyl/N-ethyl adjacent to an activating group) is 1. The fraction of sp³-hybridized carbons (Fsp3) is 0.500. The third-order valence-corrected chi connectivity index (χ3v) is 3.85. The third kappa shape index (κ3) is 4.45. The van der Waals surface area contributed by atoms with Gasteiger partial charge in [-0.25, -0.2) is 0 Å². The van der Waals surface area contributed by atoms with Crippen LogP contribution in [0.25, 0.3) is 11.0 Å². The number of aromatic nitrogens is 1. The maximum atomic E-state index is 12.2. The number of nitrogens with zero attached hydrogens (tertiary/aromatic N) is 2. The largest absolute Gasteiger partial charge is 0.356 e. The molecular formula is C16H24ClN3O2. The summed E-state index contributed by atoms with van der Waals surface area (Å²) in [4.78, 5) is 14.0. The Morgan fingerprint density at radius 2 is 2.05 bits per heavy atom. The number of para-hydroxylation sites is 1. The monoisotopic (exact) mass is 325 g/mol. The number of fused-ring (bicyclic) bond motifs is 1. The summed E-state index contributed by atoms with van der Waals surface area (Å²) >= 11 is 0. The van der Waals surface area contributed by atoms with E-state index in [1.165, 1.54) is 0 Å². The number of halogens is 1. The second-order valence-electron chi connectivity index (χ2n) is 5.81. The molecule has 5 nitrogen and oxygen atoms in total. The molecule has 0 aliphatic carbocycles. The molecule has 1 aromatic heterocycles. The average Bonchev–Trinajstić information content (AvgIpc) is 2.87. The molecule has 0 bridgehead atoms. The fourth-order valence-electron chi connectivity index (χ4n) is 2.14. The first-order chi connectivity index (χ1) is 9.99. The summed E-state index contributed by atoms with van der Waals surface area (Å²) in [6, 6.07) is 7.69. The summed E-state index contributed by atoms with van der Waals surface area (Å²) in [6.45, 7) is 4.84. The van der Waals surface area contributed by atoms with Crippen molar-refractivity contribution in [2.45, 2.75) is 32.7 Å². The van der Waals surface area contributed by atoms with Crippen LogP contribution in [0.2, 0.25) is 0 Å². The molecule has 122 valence electrons. The first-order valence-electron chi connectivity index (χ1n) is 7.32. The topological polar surface area (TPSA) is 72.4 Å². The molecule has 0 spiro atoms. The zero-order valence-corrected chi connectivity index (χ0v) is 14.1. The van der Waals surface area contributed by atoms with Crippen molar-refractivity contribution in [1.29, 1.82) is 0 Å². The van der Waals surface area contributed by atoms with Crippen LogP contribution in [0.15, 0.2) is 28.8 Å². The van der Waals surface area contributed by atoms with Crippen LogP contribution in [0.1, 0.15) is 26.0 Å². The first-order valence-corrected chi connectivity index (χ1v) is 7.32. The molecule has 2 aromatic rings. The van der Waals surface area contributed by atoms with Crippen molar-refractivity contribution in [3.05, 3.63) is 30.0 Å². The highest BCUT2D eigenvalue weighted by atomic mass is 35.5. The summed E-state index contributed by atoms with van der Waals surface area (Å²) in [5, 5.41) is 4.90. The van der Waals surface area contributed by atoms with Gasteiger partial charge >= 0.3 is 0 Å². The summed E-state index contributed by atoms with van der Waals surface area (Å²) in [5.74, 6) is 0.456. The van der Waals surface area contributed by atoms with Crippen LogP contribution in [-0.2, 0) is 11.2 Å². The van der Waals surface area contributed by atoms with Gasteiger partial charge in [0.2, 0.25) is 5.91 Å². The van der Waals surface area contributed by atoms with Crippen molar-refractivity contribution in [1.82, 2.24) is 10.1 Å². The van der Waals surface area contributed by atoms with Gasteiger partial charge in [0, 0.05) is 25.0 Å². The van der Waals surface area contributed by atoms with E-state index < -0.39 is 0 Å². The molecule has 2 rings (SSSR count). The van der Waals surface area contributed by atoms with Crippen LogP contribution in [0.5, 0.6) is 0 Å². The number of carbonyl (C=O) groups is 1. The van der Waals surface area contributed by atoms with E-state index in [0.29, 0.717) is 23.7 Å². The number of rotatable bonds is 6. The van der Waals surface area contributed by atoms with Crippen LogP contribution in [0.4, 0.5) is 0 Å². The Labute approximate surface area is 137 Å². The number of carbonyl (C=O) groups excluding carboxylic acids is 1. The zero-order valence-electron chi connectivity index (χ0n) is 13.3. The minimum absolute atomic E-state index is 0. The lowest BCUT2D eigenvalue weighted by atomic mass is 10.0. The highest BCUT2D eigenvalue weighted by Gasteiger charge is 2.16. The maximum Gasteiger partial charge on any atom is 0.228 e. The lowest BCUT2D eigenvalue weighted by Crippen LogP contribution is -2.35. The Balaban J connectivity index is 0.00000242. The number of amides is 1. The lowest BCUT2D eigenvalue weighted by Gasteiger charge is -2.21. The third-order valence-electron chi connectivity index (χ3n) is 3.85. The van der Waals surface area contributed by atoms with Crippen molar-refractivity contribution in [3.63, 3.8) is 0 Å². The average molecular weight is 326 g/mol. The zero-order chi connectivity index (χ0) is 15.4. The Hall–Kier alpha value is -1.59.